The monoisotopic (exact) mass is 313 g/mol. The van der Waals surface area contributed by atoms with E-state index in [-0.39, 0.29) is 0 Å². The summed E-state index contributed by atoms with van der Waals surface area (Å²) in [7, 11) is 1.66. The third-order valence-corrected chi connectivity index (χ3v) is 3.63. The molecule has 1 heterocycles. The van der Waals surface area contributed by atoms with E-state index in [4.69, 9.17) is 16.3 Å². The molecule has 0 unspecified atom stereocenters. The minimum Gasteiger partial charge on any atom is -0.496 e. The smallest absolute Gasteiger partial charge is 0.133 e. The highest BCUT2D eigenvalue weighted by molar-refractivity contribution is 9.10. The van der Waals surface area contributed by atoms with Crippen LogP contribution in [0.5, 0.6) is 5.75 Å². The summed E-state index contributed by atoms with van der Waals surface area (Å²) in [5.74, 6) is 0.824. The Hall–Kier alpha value is -0.800. The molecule has 1 aromatic heterocycles. The maximum absolute atomic E-state index is 6.18. The van der Waals surface area contributed by atoms with E-state index in [9.17, 15) is 0 Å². The van der Waals surface area contributed by atoms with Crippen LogP contribution in [0.25, 0.3) is 10.9 Å². The van der Waals surface area contributed by atoms with E-state index < -0.39 is 0 Å². The van der Waals surface area contributed by atoms with E-state index in [2.05, 4.69) is 33.9 Å². The van der Waals surface area contributed by atoms with E-state index in [1.54, 1.807) is 7.11 Å². The quantitative estimate of drug-likeness (QED) is 0.772. The number of aromatic nitrogens is 1. The van der Waals surface area contributed by atoms with Crippen LogP contribution in [0.15, 0.2) is 22.7 Å². The van der Waals surface area contributed by atoms with Gasteiger partial charge >= 0.3 is 0 Å². The number of hydrogen-bond donors (Lipinski definition) is 0. The summed E-state index contributed by atoms with van der Waals surface area (Å²) in [5, 5.41) is 1.57. The minimum absolute atomic E-state index is 0.577. The molecule has 0 amide bonds. The second-order valence-corrected chi connectivity index (χ2v) is 5.05. The second kappa shape index (κ2) is 5.23. The Labute approximate surface area is 114 Å². The second-order valence-electron chi connectivity index (χ2n) is 3.83. The van der Waals surface area contributed by atoms with Crippen molar-refractivity contribution in [2.75, 3.05) is 7.11 Å². The van der Waals surface area contributed by atoms with E-state index in [0.29, 0.717) is 5.15 Å². The molecule has 2 nitrogen and oxygen atoms in total. The predicted molar refractivity (Wildman–Crippen MR) is 75.0 cm³/mol. The van der Waals surface area contributed by atoms with Crippen molar-refractivity contribution in [2.45, 2.75) is 19.8 Å². The minimum atomic E-state index is 0.577. The molecule has 0 aliphatic carbocycles. The van der Waals surface area contributed by atoms with Crippen molar-refractivity contribution in [3.63, 3.8) is 0 Å². The van der Waals surface area contributed by atoms with Crippen molar-refractivity contribution >= 4 is 38.4 Å². The third kappa shape index (κ3) is 2.40. The lowest BCUT2D eigenvalue weighted by Gasteiger charge is -2.09. The first-order valence-electron chi connectivity index (χ1n) is 5.49. The lowest BCUT2D eigenvalue weighted by atomic mass is 10.1. The Morgan fingerprint density at radius 3 is 2.82 bits per heavy atom. The van der Waals surface area contributed by atoms with Crippen LogP contribution in [0.4, 0.5) is 0 Å². The standard InChI is InChI=1S/C13H13BrClNO/c1-3-4-8-7-9-11(17-2)6-5-10(14)12(9)16-13(8)15/h5-7H,3-4H2,1-2H3. The van der Waals surface area contributed by atoms with Crippen LogP contribution in [0.2, 0.25) is 5.15 Å². The number of fused-ring (bicyclic) bond motifs is 1. The van der Waals surface area contributed by atoms with Gasteiger partial charge in [0.1, 0.15) is 10.9 Å². The number of methoxy groups -OCH3 is 1. The maximum Gasteiger partial charge on any atom is 0.133 e. The molecular weight excluding hydrogens is 302 g/mol. The molecule has 0 spiro atoms. The Bertz CT molecular complexity index is 557. The number of hydrogen-bond acceptors (Lipinski definition) is 2. The summed E-state index contributed by atoms with van der Waals surface area (Å²) >= 11 is 9.66. The highest BCUT2D eigenvalue weighted by atomic mass is 79.9. The van der Waals surface area contributed by atoms with E-state index in [0.717, 1.165) is 39.5 Å². The molecule has 0 bridgehead atoms. The van der Waals surface area contributed by atoms with Crippen molar-refractivity contribution < 1.29 is 4.74 Å². The Morgan fingerprint density at radius 1 is 1.41 bits per heavy atom. The van der Waals surface area contributed by atoms with Crippen LogP contribution in [-0.4, -0.2) is 12.1 Å². The summed E-state index contributed by atoms with van der Waals surface area (Å²) in [6.45, 7) is 2.12. The van der Waals surface area contributed by atoms with E-state index in [1.165, 1.54) is 0 Å². The van der Waals surface area contributed by atoms with Crippen LogP contribution in [-0.2, 0) is 6.42 Å². The van der Waals surface area contributed by atoms with Crippen molar-refractivity contribution in [1.82, 2.24) is 4.98 Å². The van der Waals surface area contributed by atoms with Crippen LogP contribution < -0.4 is 4.74 Å². The normalized spacial score (nSPS) is 10.8. The Kier molecular flexibility index (Phi) is 3.89. The molecular formula is C13H13BrClNO. The molecule has 0 N–H and O–H groups in total. The lowest BCUT2D eigenvalue weighted by molar-refractivity contribution is 0.419. The molecule has 0 atom stereocenters. The van der Waals surface area contributed by atoms with Gasteiger partial charge in [-0.25, -0.2) is 4.98 Å². The van der Waals surface area contributed by atoms with E-state index >= 15 is 0 Å². The number of ether oxygens (including phenoxy) is 1. The van der Waals surface area contributed by atoms with Gasteiger partial charge in [0.15, 0.2) is 0 Å². The fraction of sp³-hybridized carbons (Fsp3) is 0.308. The molecule has 0 saturated heterocycles. The number of pyridine rings is 1. The SMILES string of the molecule is CCCc1cc2c(OC)ccc(Br)c2nc1Cl. The van der Waals surface area contributed by atoms with Crippen molar-refractivity contribution in [2.24, 2.45) is 0 Å². The molecule has 0 saturated carbocycles. The molecule has 1 aromatic carbocycles. The fourth-order valence-corrected chi connectivity index (χ4v) is 2.51. The summed E-state index contributed by atoms with van der Waals surface area (Å²) in [5.41, 5.74) is 1.91. The molecule has 4 heteroatoms. The van der Waals surface area contributed by atoms with E-state index in [1.807, 2.05) is 12.1 Å². The Balaban J connectivity index is 2.73. The molecule has 0 aliphatic heterocycles. The summed E-state index contributed by atoms with van der Waals surface area (Å²) in [4.78, 5) is 4.44. The molecule has 0 radical (unpaired) electrons. The zero-order valence-corrected chi connectivity index (χ0v) is 12.1. The molecule has 0 fully saturated rings. The molecule has 2 aromatic rings. The van der Waals surface area contributed by atoms with Gasteiger partial charge < -0.3 is 4.74 Å². The lowest BCUT2D eigenvalue weighted by Crippen LogP contribution is -1.93. The van der Waals surface area contributed by atoms with Gasteiger partial charge in [0.25, 0.3) is 0 Å². The van der Waals surface area contributed by atoms with Gasteiger partial charge in [0.05, 0.1) is 12.6 Å². The topological polar surface area (TPSA) is 22.1 Å². The van der Waals surface area contributed by atoms with Gasteiger partial charge in [-0.05, 0) is 46.1 Å². The fourth-order valence-electron chi connectivity index (χ4n) is 1.84. The van der Waals surface area contributed by atoms with Crippen LogP contribution in [0.1, 0.15) is 18.9 Å². The van der Waals surface area contributed by atoms with Crippen LogP contribution in [0.3, 0.4) is 0 Å². The van der Waals surface area contributed by atoms with Gasteiger partial charge in [-0.3, -0.25) is 0 Å². The average Bonchev–Trinajstić information content (AvgIpc) is 2.32. The van der Waals surface area contributed by atoms with Crippen molar-refractivity contribution in [1.29, 1.82) is 0 Å². The zero-order chi connectivity index (χ0) is 12.4. The molecule has 17 heavy (non-hydrogen) atoms. The highest BCUT2D eigenvalue weighted by Crippen LogP contribution is 2.33. The number of rotatable bonds is 3. The number of halogens is 2. The van der Waals surface area contributed by atoms with Gasteiger partial charge in [-0.1, -0.05) is 24.9 Å². The summed E-state index contributed by atoms with van der Waals surface area (Å²) in [6, 6.07) is 5.92. The average molecular weight is 315 g/mol. The third-order valence-electron chi connectivity index (χ3n) is 2.66. The predicted octanol–water partition coefficient (Wildman–Crippen LogP) is 4.61. The first-order valence-corrected chi connectivity index (χ1v) is 6.66. The summed E-state index contributed by atoms with van der Waals surface area (Å²) < 4.78 is 6.28. The van der Waals surface area contributed by atoms with Crippen molar-refractivity contribution in [3.8, 4) is 5.75 Å². The number of aryl methyl sites for hydroxylation is 1. The largest absolute Gasteiger partial charge is 0.496 e. The van der Waals surface area contributed by atoms with Crippen LogP contribution in [0, 0.1) is 0 Å². The molecule has 0 aliphatic rings. The number of nitrogens with zero attached hydrogens (tertiary/aromatic N) is 1. The number of benzene rings is 1. The van der Waals surface area contributed by atoms with Crippen molar-refractivity contribution in [3.05, 3.63) is 33.4 Å². The van der Waals surface area contributed by atoms with Gasteiger partial charge in [0, 0.05) is 9.86 Å². The van der Waals surface area contributed by atoms with Gasteiger partial charge in [-0.15, -0.1) is 0 Å². The summed E-state index contributed by atoms with van der Waals surface area (Å²) in [6.07, 6.45) is 1.97. The van der Waals surface area contributed by atoms with Gasteiger partial charge in [-0.2, -0.15) is 0 Å². The first-order chi connectivity index (χ1) is 8.17. The highest BCUT2D eigenvalue weighted by Gasteiger charge is 2.10. The zero-order valence-electron chi connectivity index (χ0n) is 9.76. The molecule has 2 rings (SSSR count). The molecule has 90 valence electrons. The van der Waals surface area contributed by atoms with Crippen LogP contribution >= 0.6 is 27.5 Å². The Morgan fingerprint density at radius 2 is 2.18 bits per heavy atom. The first kappa shape index (κ1) is 12.7. The van der Waals surface area contributed by atoms with Gasteiger partial charge in [0.2, 0.25) is 0 Å². The maximum atomic E-state index is 6.18.